The number of hydrogen-bond acceptors (Lipinski definition) is 2. The van der Waals surface area contributed by atoms with Gasteiger partial charge in [0.1, 0.15) is 0 Å². The number of nitrogens with zero attached hydrogens (tertiary/aromatic N) is 1. The molecule has 0 aromatic carbocycles. The molecule has 0 aromatic rings. The van der Waals surface area contributed by atoms with Gasteiger partial charge in [-0.1, -0.05) is 5.92 Å². The van der Waals surface area contributed by atoms with Crippen LogP contribution in [0.5, 0.6) is 0 Å². The third-order valence-electron chi connectivity index (χ3n) is 2.50. The Hall–Kier alpha value is -1.01. The lowest BCUT2D eigenvalue weighted by molar-refractivity contribution is -0.131. The van der Waals surface area contributed by atoms with Gasteiger partial charge in [0.15, 0.2) is 0 Å². The van der Waals surface area contributed by atoms with E-state index in [-0.39, 0.29) is 12.3 Å². The summed E-state index contributed by atoms with van der Waals surface area (Å²) in [6.45, 7) is 2.00. The van der Waals surface area contributed by atoms with Gasteiger partial charge in [0.2, 0.25) is 5.91 Å². The number of carbonyl (C=O) groups is 1. The molecule has 1 rings (SSSR count). The number of rotatable bonds is 2. The second-order valence-electron chi connectivity index (χ2n) is 3.37. The summed E-state index contributed by atoms with van der Waals surface area (Å²) in [6, 6.07) is 0.377. The second kappa shape index (κ2) is 4.88. The third kappa shape index (κ3) is 2.74. The summed E-state index contributed by atoms with van der Waals surface area (Å²) in [6.07, 6.45) is 7.38. The lowest BCUT2D eigenvalue weighted by atomic mass is 10.1. The minimum atomic E-state index is 0.0643. The third-order valence-corrected chi connectivity index (χ3v) is 2.50. The molecule has 1 fully saturated rings. The van der Waals surface area contributed by atoms with Crippen molar-refractivity contribution < 1.29 is 4.79 Å². The molecule has 0 aliphatic carbocycles. The van der Waals surface area contributed by atoms with E-state index in [9.17, 15) is 4.79 Å². The zero-order chi connectivity index (χ0) is 9.68. The van der Waals surface area contributed by atoms with E-state index in [0.717, 1.165) is 25.9 Å². The molecule has 0 radical (unpaired) electrons. The molecule has 0 atom stereocenters. The predicted octanol–water partition coefficient (Wildman–Crippen LogP) is 0.220. The van der Waals surface area contributed by atoms with Gasteiger partial charge in [-0.3, -0.25) is 4.79 Å². The number of piperidine rings is 1. The highest BCUT2D eigenvalue weighted by Gasteiger charge is 2.20. The van der Waals surface area contributed by atoms with Crippen LogP contribution in [-0.4, -0.2) is 37.0 Å². The average molecular weight is 180 g/mol. The van der Waals surface area contributed by atoms with E-state index in [1.54, 1.807) is 4.90 Å². The van der Waals surface area contributed by atoms with Crippen LogP contribution in [0.15, 0.2) is 0 Å². The smallest absolute Gasteiger partial charge is 0.234 e. The standard InChI is InChI=1S/C10H16N2O/c1-3-4-10(13)12(2)9-5-7-11-8-6-9/h1,9,11H,4-8H2,2H3. The first-order valence-corrected chi connectivity index (χ1v) is 4.65. The molecule has 72 valence electrons. The molecule has 1 N–H and O–H groups in total. The normalized spacial score (nSPS) is 17.8. The van der Waals surface area contributed by atoms with Crippen molar-refractivity contribution in [3.63, 3.8) is 0 Å². The molecule has 0 bridgehead atoms. The van der Waals surface area contributed by atoms with Gasteiger partial charge >= 0.3 is 0 Å². The van der Waals surface area contributed by atoms with Crippen LogP contribution in [0.1, 0.15) is 19.3 Å². The van der Waals surface area contributed by atoms with Gasteiger partial charge in [0.05, 0.1) is 6.42 Å². The first-order chi connectivity index (χ1) is 6.25. The fraction of sp³-hybridized carbons (Fsp3) is 0.700. The fourth-order valence-electron chi connectivity index (χ4n) is 1.61. The number of nitrogens with one attached hydrogen (secondary N) is 1. The molecule has 3 heteroatoms. The SMILES string of the molecule is C#CCC(=O)N(C)C1CCNCC1. The van der Waals surface area contributed by atoms with Crippen LogP contribution >= 0.6 is 0 Å². The molecule has 1 aliphatic heterocycles. The van der Waals surface area contributed by atoms with Gasteiger partial charge in [-0.25, -0.2) is 0 Å². The Morgan fingerprint density at radius 3 is 2.77 bits per heavy atom. The van der Waals surface area contributed by atoms with Crippen LogP contribution in [0, 0.1) is 12.3 Å². The van der Waals surface area contributed by atoms with E-state index in [1.807, 2.05) is 7.05 Å². The van der Waals surface area contributed by atoms with Crippen LogP contribution < -0.4 is 5.32 Å². The minimum absolute atomic E-state index is 0.0643. The van der Waals surface area contributed by atoms with E-state index in [1.165, 1.54) is 0 Å². The molecule has 13 heavy (non-hydrogen) atoms. The van der Waals surface area contributed by atoms with Crippen LogP contribution in [-0.2, 0) is 4.79 Å². The van der Waals surface area contributed by atoms with E-state index in [4.69, 9.17) is 6.42 Å². The molecular weight excluding hydrogens is 164 g/mol. The number of hydrogen-bond donors (Lipinski definition) is 1. The molecule has 0 saturated carbocycles. The van der Waals surface area contributed by atoms with Crippen molar-refractivity contribution in [2.24, 2.45) is 0 Å². The van der Waals surface area contributed by atoms with Crippen molar-refractivity contribution >= 4 is 5.91 Å². The Balaban J connectivity index is 2.41. The molecule has 0 aromatic heterocycles. The molecule has 0 spiro atoms. The van der Waals surface area contributed by atoms with Crippen molar-refractivity contribution in [3.05, 3.63) is 0 Å². The largest absolute Gasteiger partial charge is 0.342 e. The van der Waals surface area contributed by atoms with E-state index in [2.05, 4.69) is 11.2 Å². The van der Waals surface area contributed by atoms with Gasteiger partial charge in [-0.05, 0) is 25.9 Å². The molecule has 1 aliphatic rings. The van der Waals surface area contributed by atoms with Crippen LogP contribution in [0.2, 0.25) is 0 Å². The fourth-order valence-corrected chi connectivity index (χ4v) is 1.61. The lowest BCUT2D eigenvalue weighted by Gasteiger charge is -2.31. The lowest BCUT2D eigenvalue weighted by Crippen LogP contribution is -2.43. The summed E-state index contributed by atoms with van der Waals surface area (Å²) in [5.74, 6) is 2.44. The van der Waals surface area contributed by atoms with Crippen LogP contribution in [0.25, 0.3) is 0 Å². The van der Waals surface area contributed by atoms with E-state index >= 15 is 0 Å². The molecule has 0 unspecified atom stereocenters. The molecule has 1 saturated heterocycles. The molecular formula is C10H16N2O. The van der Waals surface area contributed by atoms with E-state index in [0.29, 0.717) is 6.04 Å². The zero-order valence-corrected chi connectivity index (χ0v) is 8.05. The summed E-state index contributed by atoms with van der Waals surface area (Å²) in [5.41, 5.74) is 0. The van der Waals surface area contributed by atoms with Gasteiger partial charge in [-0.15, -0.1) is 6.42 Å². The maximum absolute atomic E-state index is 11.4. The van der Waals surface area contributed by atoms with E-state index < -0.39 is 0 Å². The van der Waals surface area contributed by atoms with Crippen LogP contribution in [0.3, 0.4) is 0 Å². The highest BCUT2D eigenvalue weighted by atomic mass is 16.2. The number of carbonyl (C=O) groups excluding carboxylic acids is 1. The zero-order valence-electron chi connectivity index (χ0n) is 8.05. The summed E-state index contributed by atoms with van der Waals surface area (Å²) < 4.78 is 0. The maximum atomic E-state index is 11.4. The Labute approximate surface area is 79.5 Å². The molecule has 1 amide bonds. The first kappa shape index (κ1) is 10.1. The van der Waals surface area contributed by atoms with Gasteiger partial charge in [-0.2, -0.15) is 0 Å². The second-order valence-corrected chi connectivity index (χ2v) is 3.37. The summed E-state index contributed by atoms with van der Waals surface area (Å²) in [5, 5.41) is 3.26. The van der Waals surface area contributed by atoms with Crippen molar-refractivity contribution in [2.45, 2.75) is 25.3 Å². The Morgan fingerprint density at radius 1 is 1.62 bits per heavy atom. The van der Waals surface area contributed by atoms with Crippen molar-refractivity contribution in [1.29, 1.82) is 0 Å². The average Bonchev–Trinajstić information content (AvgIpc) is 2.18. The Morgan fingerprint density at radius 2 is 2.23 bits per heavy atom. The van der Waals surface area contributed by atoms with Crippen molar-refractivity contribution in [1.82, 2.24) is 10.2 Å². The first-order valence-electron chi connectivity index (χ1n) is 4.65. The Kier molecular flexibility index (Phi) is 3.78. The molecule has 1 heterocycles. The maximum Gasteiger partial charge on any atom is 0.234 e. The monoisotopic (exact) mass is 180 g/mol. The summed E-state index contributed by atoms with van der Waals surface area (Å²) in [7, 11) is 1.84. The topological polar surface area (TPSA) is 32.3 Å². The predicted molar refractivity (Wildman–Crippen MR) is 52.1 cm³/mol. The summed E-state index contributed by atoms with van der Waals surface area (Å²) in [4.78, 5) is 13.2. The minimum Gasteiger partial charge on any atom is -0.342 e. The Bertz CT molecular complexity index is 213. The highest BCUT2D eigenvalue weighted by molar-refractivity contribution is 5.78. The highest BCUT2D eigenvalue weighted by Crippen LogP contribution is 2.10. The number of terminal acetylenes is 1. The summed E-state index contributed by atoms with van der Waals surface area (Å²) >= 11 is 0. The molecule has 3 nitrogen and oxygen atoms in total. The number of amides is 1. The van der Waals surface area contributed by atoms with Gasteiger partial charge in [0, 0.05) is 13.1 Å². The van der Waals surface area contributed by atoms with Gasteiger partial charge in [0.25, 0.3) is 0 Å². The quantitative estimate of drug-likeness (QED) is 0.617. The van der Waals surface area contributed by atoms with Crippen molar-refractivity contribution in [2.75, 3.05) is 20.1 Å². The van der Waals surface area contributed by atoms with Crippen LogP contribution in [0.4, 0.5) is 0 Å². The van der Waals surface area contributed by atoms with Gasteiger partial charge < -0.3 is 10.2 Å². The van der Waals surface area contributed by atoms with Crippen molar-refractivity contribution in [3.8, 4) is 12.3 Å².